The van der Waals surface area contributed by atoms with Gasteiger partial charge in [0.15, 0.2) is 0 Å². The van der Waals surface area contributed by atoms with Gasteiger partial charge in [-0.05, 0) is 43.2 Å². The molecule has 0 bridgehead atoms. The average Bonchev–Trinajstić information content (AvgIpc) is 2.65. The van der Waals surface area contributed by atoms with Crippen molar-refractivity contribution in [3.8, 4) is 0 Å². The van der Waals surface area contributed by atoms with Crippen LogP contribution in [0.25, 0.3) is 21.8 Å². The third kappa shape index (κ3) is 1.40. The molecular weight excluding hydrogens is 226 g/mol. The summed E-state index contributed by atoms with van der Waals surface area (Å²) in [4.78, 5) is 14.6. The molecule has 0 saturated heterocycles. The normalized spacial score (nSPS) is 11.2. The zero-order chi connectivity index (χ0) is 12.9. The molecule has 2 aromatic carbocycles. The minimum atomic E-state index is -0.888. The summed E-state index contributed by atoms with van der Waals surface area (Å²) in [6.07, 6.45) is 0. The molecule has 1 heterocycles. The maximum Gasteiger partial charge on any atom is 0.336 e. The lowest BCUT2D eigenvalue weighted by atomic mass is 10.0. The second kappa shape index (κ2) is 3.60. The van der Waals surface area contributed by atoms with Crippen LogP contribution in [0.4, 0.5) is 0 Å². The van der Waals surface area contributed by atoms with E-state index in [1.54, 1.807) is 12.1 Å². The summed E-state index contributed by atoms with van der Waals surface area (Å²) in [6.45, 7) is 4.05. The summed E-state index contributed by atoms with van der Waals surface area (Å²) in [5.41, 5.74) is 4.49. The molecule has 0 spiro atoms. The lowest BCUT2D eigenvalue weighted by molar-refractivity contribution is 0.0699. The number of nitrogens with one attached hydrogen (secondary N) is 1. The number of H-pyrrole nitrogens is 1. The van der Waals surface area contributed by atoms with Gasteiger partial charge >= 0.3 is 5.97 Å². The number of aromatic amines is 1. The highest BCUT2D eigenvalue weighted by molar-refractivity contribution is 6.17. The molecule has 3 rings (SSSR count). The number of carbonyl (C=O) groups is 1. The number of aromatic carboxylic acids is 1. The number of benzene rings is 2. The third-order valence-electron chi connectivity index (χ3n) is 3.29. The summed E-state index contributed by atoms with van der Waals surface area (Å²) in [6, 6.07) is 9.46. The number of carboxylic acid groups (broad SMARTS) is 1. The second-order valence-electron chi connectivity index (χ2n) is 4.66. The summed E-state index contributed by atoms with van der Waals surface area (Å²) >= 11 is 0. The first-order chi connectivity index (χ1) is 8.58. The van der Waals surface area contributed by atoms with Crippen molar-refractivity contribution in [1.29, 1.82) is 0 Å². The molecule has 0 aliphatic rings. The van der Waals surface area contributed by atoms with Crippen LogP contribution >= 0.6 is 0 Å². The molecule has 0 fully saturated rings. The van der Waals surface area contributed by atoms with E-state index in [1.807, 2.05) is 26.0 Å². The lowest BCUT2D eigenvalue weighted by Gasteiger charge is -2.02. The van der Waals surface area contributed by atoms with Crippen molar-refractivity contribution in [2.75, 3.05) is 0 Å². The molecular formula is C15H13NO2. The monoisotopic (exact) mass is 239 g/mol. The maximum absolute atomic E-state index is 11.3. The van der Waals surface area contributed by atoms with Crippen LogP contribution in [0.15, 0.2) is 30.3 Å². The third-order valence-corrected chi connectivity index (χ3v) is 3.29. The predicted octanol–water partition coefficient (Wildman–Crippen LogP) is 3.64. The number of carboxylic acids is 1. The number of aryl methyl sites for hydroxylation is 2. The van der Waals surface area contributed by atoms with E-state index < -0.39 is 5.97 Å². The predicted molar refractivity (Wildman–Crippen MR) is 72.2 cm³/mol. The zero-order valence-electron chi connectivity index (χ0n) is 10.2. The van der Waals surface area contributed by atoms with Gasteiger partial charge in [0.25, 0.3) is 0 Å². The number of aromatic nitrogens is 1. The van der Waals surface area contributed by atoms with Gasteiger partial charge in [-0.15, -0.1) is 0 Å². The van der Waals surface area contributed by atoms with Crippen LogP contribution in [0.1, 0.15) is 21.5 Å². The van der Waals surface area contributed by atoms with E-state index in [0.717, 1.165) is 27.4 Å². The minimum absolute atomic E-state index is 0.353. The quantitative estimate of drug-likeness (QED) is 0.681. The Morgan fingerprint density at radius 1 is 1.11 bits per heavy atom. The standard InChI is InChI=1S/C15H13NO2/c1-8-6-9(2)13-12(7-8)16-11-5-3-4-10(14(11)13)15(17)18/h3-7,16H,1-2H3,(H,17,18). The van der Waals surface area contributed by atoms with Crippen LogP contribution < -0.4 is 0 Å². The van der Waals surface area contributed by atoms with Crippen molar-refractivity contribution in [3.05, 3.63) is 47.0 Å². The highest BCUT2D eigenvalue weighted by atomic mass is 16.4. The van der Waals surface area contributed by atoms with Crippen molar-refractivity contribution >= 4 is 27.8 Å². The molecule has 0 unspecified atom stereocenters. The van der Waals surface area contributed by atoms with E-state index in [4.69, 9.17) is 0 Å². The van der Waals surface area contributed by atoms with E-state index in [2.05, 4.69) is 11.1 Å². The first kappa shape index (κ1) is 10.8. The van der Waals surface area contributed by atoms with Crippen LogP contribution in [0, 0.1) is 13.8 Å². The summed E-state index contributed by atoms with van der Waals surface area (Å²) in [5, 5.41) is 11.1. The second-order valence-corrected chi connectivity index (χ2v) is 4.66. The summed E-state index contributed by atoms with van der Waals surface area (Å²) < 4.78 is 0. The van der Waals surface area contributed by atoms with Crippen LogP contribution in [0.3, 0.4) is 0 Å². The average molecular weight is 239 g/mol. The number of rotatable bonds is 1. The molecule has 3 nitrogen and oxygen atoms in total. The molecule has 0 saturated carbocycles. The molecule has 0 aliphatic carbocycles. The van der Waals surface area contributed by atoms with E-state index >= 15 is 0 Å². The number of hydrogen-bond acceptors (Lipinski definition) is 1. The van der Waals surface area contributed by atoms with Crippen LogP contribution in [-0.2, 0) is 0 Å². The zero-order valence-corrected chi connectivity index (χ0v) is 10.2. The Hall–Kier alpha value is -2.29. The molecule has 0 atom stereocenters. The highest BCUT2D eigenvalue weighted by Crippen LogP contribution is 2.31. The van der Waals surface area contributed by atoms with Crippen LogP contribution in [0.5, 0.6) is 0 Å². The Kier molecular flexibility index (Phi) is 2.17. The summed E-state index contributed by atoms with van der Waals surface area (Å²) in [5.74, 6) is -0.888. The molecule has 90 valence electrons. The van der Waals surface area contributed by atoms with Gasteiger partial charge < -0.3 is 10.1 Å². The number of hydrogen-bond donors (Lipinski definition) is 2. The van der Waals surface area contributed by atoms with Gasteiger partial charge in [0.1, 0.15) is 0 Å². The Balaban J connectivity index is 2.59. The van der Waals surface area contributed by atoms with Crippen molar-refractivity contribution in [1.82, 2.24) is 4.98 Å². The van der Waals surface area contributed by atoms with E-state index in [-0.39, 0.29) is 0 Å². The largest absolute Gasteiger partial charge is 0.478 e. The van der Waals surface area contributed by atoms with Gasteiger partial charge in [0.2, 0.25) is 0 Å². The lowest BCUT2D eigenvalue weighted by Crippen LogP contribution is -1.96. The summed E-state index contributed by atoms with van der Waals surface area (Å²) in [7, 11) is 0. The molecule has 2 N–H and O–H groups in total. The van der Waals surface area contributed by atoms with Gasteiger partial charge in [-0.3, -0.25) is 0 Å². The van der Waals surface area contributed by atoms with Gasteiger partial charge in [0, 0.05) is 21.8 Å². The topological polar surface area (TPSA) is 53.1 Å². The van der Waals surface area contributed by atoms with E-state index in [9.17, 15) is 9.90 Å². The van der Waals surface area contributed by atoms with Gasteiger partial charge in [0.05, 0.1) is 5.56 Å². The Morgan fingerprint density at radius 3 is 2.61 bits per heavy atom. The molecule has 3 heteroatoms. The van der Waals surface area contributed by atoms with Crippen molar-refractivity contribution < 1.29 is 9.90 Å². The van der Waals surface area contributed by atoms with E-state index in [0.29, 0.717) is 5.56 Å². The molecule has 0 radical (unpaired) electrons. The van der Waals surface area contributed by atoms with E-state index in [1.165, 1.54) is 5.56 Å². The SMILES string of the molecule is Cc1cc(C)c2c(c1)[nH]c1cccc(C(=O)O)c12. The van der Waals surface area contributed by atoms with Gasteiger partial charge in [-0.2, -0.15) is 0 Å². The fraction of sp³-hybridized carbons (Fsp3) is 0.133. The Labute approximate surface area is 104 Å². The van der Waals surface area contributed by atoms with Gasteiger partial charge in [-0.25, -0.2) is 4.79 Å². The minimum Gasteiger partial charge on any atom is -0.478 e. The van der Waals surface area contributed by atoms with Crippen molar-refractivity contribution in [2.45, 2.75) is 13.8 Å². The molecule has 1 aromatic heterocycles. The van der Waals surface area contributed by atoms with Crippen LogP contribution in [-0.4, -0.2) is 16.1 Å². The van der Waals surface area contributed by atoms with Crippen LogP contribution in [0.2, 0.25) is 0 Å². The molecule has 0 amide bonds. The maximum atomic E-state index is 11.3. The fourth-order valence-corrected chi connectivity index (χ4v) is 2.65. The smallest absolute Gasteiger partial charge is 0.336 e. The molecule has 0 aliphatic heterocycles. The van der Waals surface area contributed by atoms with Crippen molar-refractivity contribution in [3.63, 3.8) is 0 Å². The van der Waals surface area contributed by atoms with Gasteiger partial charge in [-0.1, -0.05) is 12.1 Å². The fourth-order valence-electron chi connectivity index (χ4n) is 2.65. The molecule has 3 aromatic rings. The highest BCUT2D eigenvalue weighted by Gasteiger charge is 2.14. The van der Waals surface area contributed by atoms with Crippen molar-refractivity contribution in [2.24, 2.45) is 0 Å². The Bertz CT molecular complexity index is 784. The first-order valence-electron chi connectivity index (χ1n) is 5.83. The number of fused-ring (bicyclic) bond motifs is 3. The Morgan fingerprint density at radius 2 is 1.89 bits per heavy atom. The molecule has 18 heavy (non-hydrogen) atoms. The first-order valence-corrected chi connectivity index (χ1v) is 5.83.